The Labute approximate surface area is 164 Å². The Bertz CT molecular complexity index is 972. The Morgan fingerprint density at radius 1 is 1.21 bits per heavy atom. The molecule has 0 aromatic carbocycles. The van der Waals surface area contributed by atoms with E-state index in [-0.39, 0.29) is 11.5 Å². The lowest BCUT2D eigenvalue weighted by Crippen LogP contribution is -2.24. The van der Waals surface area contributed by atoms with Crippen molar-refractivity contribution in [3.63, 3.8) is 0 Å². The lowest BCUT2D eigenvalue weighted by molar-refractivity contribution is 0.281. The summed E-state index contributed by atoms with van der Waals surface area (Å²) in [6.45, 7) is 5.05. The van der Waals surface area contributed by atoms with Crippen molar-refractivity contribution in [1.82, 2.24) is 19.7 Å². The molecular weight excluding hydrogens is 354 g/mol. The first-order chi connectivity index (χ1) is 13.5. The molecule has 146 valence electrons. The number of rotatable bonds is 8. The molecule has 1 atom stereocenters. The van der Waals surface area contributed by atoms with Crippen LogP contribution in [0.2, 0.25) is 0 Å². The summed E-state index contributed by atoms with van der Waals surface area (Å²) in [5.41, 5.74) is 3.14. The van der Waals surface area contributed by atoms with Gasteiger partial charge in [-0.05, 0) is 37.6 Å². The molecule has 3 heterocycles. The number of hydrogen-bond acceptors (Lipinski definition) is 6. The zero-order valence-electron chi connectivity index (χ0n) is 16.4. The molecule has 3 aromatic rings. The summed E-state index contributed by atoms with van der Waals surface area (Å²) in [6.07, 6.45) is 2.53. The van der Waals surface area contributed by atoms with Crippen molar-refractivity contribution in [3.05, 3.63) is 76.1 Å². The molecule has 0 fully saturated rings. The SMILES string of the molecule is Cc1cccc([C@H](C)CCOc2cc(NCc3ccccn3)c(=O)n(C)n2)n1. The summed E-state index contributed by atoms with van der Waals surface area (Å²) < 4.78 is 7.08. The third-order valence-corrected chi connectivity index (χ3v) is 4.44. The molecule has 0 spiro atoms. The van der Waals surface area contributed by atoms with Crippen LogP contribution in [0.1, 0.15) is 36.3 Å². The van der Waals surface area contributed by atoms with Gasteiger partial charge >= 0.3 is 0 Å². The summed E-state index contributed by atoms with van der Waals surface area (Å²) in [5.74, 6) is 0.684. The summed E-state index contributed by atoms with van der Waals surface area (Å²) >= 11 is 0. The number of anilines is 1. The van der Waals surface area contributed by atoms with Crippen LogP contribution >= 0.6 is 0 Å². The number of aromatic nitrogens is 4. The molecular formula is C21H25N5O2. The summed E-state index contributed by atoms with van der Waals surface area (Å²) in [5, 5.41) is 7.30. The first-order valence-electron chi connectivity index (χ1n) is 9.31. The second-order valence-corrected chi connectivity index (χ2v) is 6.74. The Morgan fingerprint density at radius 2 is 2.07 bits per heavy atom. The van der Waals surface area contributed by atoms with Crippen LogP contribution in [0.3, 0.4) is 0 Å². The van der Waals surface area contributed by atoms with Gasteiger partial charge in [-0.25, -0.2) is 4.68 Å². The first kappa shape index (κ1) is 19.5. The van der Waals surface area contributed by atoms with Gasteiger partial charge in [-0.3, -0.25) is 14.8 Å². The van der Waals surface area contributed by atoms with Gasteiger partial charge in [0.05, 0.1) is 18.8 Å². The molecule has 0 saturated heterocycles. The second kappa shape index (κ2) is 9.12. The summed E-state index contributed by atoms with van der Waals surface area (Å²) in [6, 6.07) is 13.3. The molecule has 28 heavy (non-hydrogen) atoms. The maximum atomic E-state index is 12.3. The van der Waals surface area contributed by atoms with Crippen molar-refractivity contribution >= 4 is 5.69 Å². The highest BCUT2D eigenvalue weighted by atomic mass is 16.5. The topological polar surface area (TPSA) is 81.9 Å². The van der Waals surface area contributed by atoms with Gasteiger partial charge in [0.2, 0.25) is 5.88 Å². The molecule has 0 bridgehead atoms. The highest BCUT2D eigenvalue weighted by Gasteiger charge is 2.10. The van der Waals surface area contributed by atoms with E-state index in [1.807, 2.05) is 43.3 Å². The zero-order valence-corrected chi connectivity index (χ0v) is 16.4. The van der Waals surface area contributed by atoms with Gasteiger partial charge in [-0.15, -0.1) is 5.10 Å². The van der Waals surface area contributed by atoms with Crippen molar-refractivity contribution in [1.29, 1.82) is 0 Å². The lowest BCUT2D eigenvalue weighted by Gasteiger charge is -2.13. The van der Waals surface area contributed by atoms with Crippen LogP contribution in [-0.4, -0.2) is 26.4 Å². The highest BCUT2D eigenvalue weighted by molar-refractivity contribution is 5.43. The fourth-order valence-corrected chi connectivity index (χ4v) is 2.79. The Kier molecular flexibility index (Phi) is 6.37. The zero-order chi connectivity index (χ0) is 19.9. The maximum absolute atomic E-state index is 12.3. The molecule has 0 amide bonds. The average Bonchev–Trinajstić information content (AvgIpc) is 2.70. The van der Waals surface area contributed by atoms with E-state index in [0.29, 0.717) is 24.7 Å². The number of aryl methyl sites for hydroxylation is 2. The Hall–Kier alpha value is -3.22. The van der Waals surface area contributed by atoms with Gasteiger partial charge in [0.25, 0.3) is 5.56 Å². The standard InChI is InChI=1S/C21H25N5O2/c1-15(18-9-6-7-16(2)24-18)10-12-28-20-13-19(21(27)26(3)25-20)23-14-17-8-4-5-11-22-17/h4-9,11,13,15,23H,10,12,14H2,1-3H3/t15-/m1/s1. The molecule has 3 rings (SSSR count). The van der Waals surface area contributed by atoms with Crippen LogP contribution in [0.4, 0.5) is 5.69 Å². The van der Waals surface area contributed by atoms with Crippen LogP contribution in [0.5, 0.6) is 5.88 Å². The third kappa shape index (κ3) is 5.16. The predicted octanol–water partition coefficient (Wildman–Crippen LogP) is 3.06. The van der Waals surface area contributed by atoms with Gasteiger partial charge < -0.3 is 10.1 Å². The van der Waals surface area contributed by atoms with Crippen LogP contribution in [0.15, 0.2) is 53.5 Å². The van der Waals surface area contributed by atoms with Gasteiger partial charge in [0, 0.05) is 36.6 Å². The molecule has 1 N–H and O–H groups in total. The Morgan fingerprint density at radius 3 is 2.82 bits per heavy atom. The van der Waals surface area contributed by atoms with Gasteiger partial charge in [-0.1, -0.05) is 19.1 Å². The van der Waals surface area contributed by atoms with Crippen LogP contribution in [0.25, 0.3) is 0 Å². The normalized spacial score (nSPS) is 11.8. The largest absolute Gasteiger partial charge is 0.477 e. The van der Waals surface area contributed by atoms with Crippen molar-refractivity contribution in [3.8, 4) is 5.88 Å². The minimum absolute atomic E-state index is 0.208. The minimum Gasteiger partial charge on any atom is -0.477 e. The van der Waals surface area contributed by atoms with E-state index >= 15 is 0 Å². The predicted molar refractivity (Wildman–Crippen MR) is 109 cm³/mol. The second-order valence-electron chi connectivity index (χ2n) is 6.74. The molecule has 7 nitrogen and oxygen atoms in total. The van der Waals surface area contributed by atoms with Crippen LogP contribution in [-0.2, 0) is 13.6 Å². The number of ether oxygens (including phenoxy) is 1. The fourth-order valence-electron chi connectivity index (χ4n) is 2.79. The van der Waals surface area contributed by atoms with E-state index in [1.54, 1.807) is 19.3 Å². The molecule has 0 radical (unpaired) electrons. The van der Waals surface area contributed by atoms with E-state index in [9.17, 15) is 4.79 Å². The molecule has 3 aromatic heterocycles. The number of pyridine rings is 2. The van der Waals surface area contributed by atoms with Crippen molar-refractivity contribution in [2.24, 2.45) is 7.05 Å². The van der Waals surface area contributed by atoms with Crippen molar-refractivity contribution in [2.45, 2.75) is 32.7 Å². The minimum atomic E-state index is -0.208. The van der Waals surface area contributed by atoms with E-state index in [4.69, 9.17) is 4.74 Å². The number of hydrogen-bond donors (Lipinski definition) is 1. The lowest BCUT2D eigenvalue weighted by atomic mass is 10.0. The molecule has 0 unspecified atom stereocenters. The van der Waals surface area contributed by atoms with E-state index in [2.05, 4.69) is 27.3 Å². The van der Waals surface area contributed by atoms with Gasteiger partial charge in [-0.2, -0.15) is 0 Å². The quantitative estimate of drug-likeness (QED) is 0.648. The maximum Gasteiger partial charge on any atom is 0.290 e. The van der Waals surface area contributed by atoms with Gasteiger partial charge in [0.1, 0.15) is 5.69 Å². The van der Waals surface area contributed by atoms with E-state index in [1.165, 1.54) is 4.68 Å². The van der Waals surface area contributed by atoms with Crippen molar-refractivity contribution in [2.75, 3.05) is 11.9 Å². The smallest absolute Gasteiger partial charge is 0.290 e. The monoisotopic (exact) mass is 379 g/mol. The number of nitrogens with zero attached hydrogens (tertiary/aromatic N) is 4. The summed E-state index contributed by atoms with van der Waals surface area (Å²) in [7, 11) is 1.61. The van der Waals surface area contributed by atoms with Gasteiger partial charge in [0.15, 0.2) is 0 Å². The molecule has 0 aliphatic carbocycles. The molecule has 0 saturated carbocycles. The average molecular weight is 379 g/mol. The van der Waals surface area contributed by atoms with Crippen LogP contribution in [0, 0.1) is 6.92 Å². The molecule has 0 aliphatic heterocycles. The van der Waals surface area contributed by atoms with Crippen molar-refractivity contribution < 1.29 is 4.74 Å². The Balaban J connectivity index is 1.61. The molecule has 0 aliphatic rings. The highest BCUT2D eigenvalue weighted by Crippen LogP contribution is 2.18. The van der Waals surface area contributed by atoms with E-state index < -0.39 is 0 Å². The summed E-state index contributed by atoms with van der Waals surface area (Å²) in [4.78, 5) is 21.1. The third-order valence-electron chi connectivity index (χ3n) is 4.44. The van der Waals surface area contributed by atoms with E-state index in [0.717, 1.165) is 23.5 Å². The molecule has 7 heteroatoms. The fraction of sp³-hybridized carbons (Fsp3) is 0.333. The first-order valence-corrected chi connectivity index (χ1v) is 9.31. The number of nitrogens with one attached hydrogen (secondary N) is 1. The van der Waals surface area contributed by atoms with Crippen LogP contribution < -0.4 is 15.6 Å².